The summed E-state index contributed by atoms with van der Waals surface area (Å²) in [5, 5.41) is 13.4. The number of aryl methyl sites for hydroxylation is 2. The SMILES string of the molecule is CCn1nc(C)c(Cl)c1CO[C@@H](C)C(=O)O. The van der Waals surface area contributed by atoms with Gasteiger partial charge < -0.3 is 9.84 Å². The second-order valence-electron chi connectivity index (χ2n) is 3.45. The van der Waals surface area contributed by atoms with E-state index in [9.17, 15) is 4.79 Å². The summed E-state index contributed by atoms with van der Waals surface area (Å²) < 4.78 is 6.90. The first kappa shape index (κ1) is 13.0. The van der Waals surface area contributed by atoms with Crippen molar-refractivity contribution in [3.05, 3.63) is 16.4 Å². The largest absolute Gasteiger partial charge is 0.479 e. The van der Waals surface area contributed by atoms with Gasteiger partial charge in [0.15, 0.2) is 6.10 Å². The molecule has 5 nitrogen and oxygen atoms in total. The van der Waals surface area contributed by atoms with Crippen molar-refractivity contribution in [1.29, 1.82) is 0 Å². The number of aliphatic carboxylic acids is 1. The fourth-order valence-corrected chi connectivity index (χ4v) is 1.47. The summed E-state index contributed by atoms with van der Waals surface area (Å²) >= 11 is 6.04. The minimum Gasteiger partial charge on any atom is -0.479 e. The molecule has 0 saturated heterocycles. The van der Waals surface area contributed by atoms with Gasteiger partial charge in [0.25, 0.3) is 0 Å². The van der Waals surface area contributed by atoms with Gasteiger partial charge in [0, 0.05) is 6.54 Å². The molecule has 1 aromatic heterocycles. The fourth-order valence-electron chi connectivity index (χ4n) is 1.28. The van der Waals surface area contributed by atoms with Crippen LogP contribution in [0.2, 0.25) is 5.02 Å². The van der Waals surface area contributed by atoms with Crippen LogP contribution in [0, 0.1) is 6.92 Å². The maximum Gasteiger partial charge on any atom is 0.332 e. The van der Waals surface area contributed by atoms with E-state index in [1.807, 2.05) is 6.92 Å². The molecule has 1 rings (SSSR count). The zero-order valence-electron chi connectivity index (χ0n) is 9.53. The van der Waals surface area contributed by atoms with E-state index < -0.39 is 12.1 Å². The Labute approximate surface area is 99.0 Å². The van der Waals surface area contributed by atoms with Crippen molar-refractivity contribution in [1.82, 2.24) is 9.78 Å². The molecule has 0 fully saturated rings. The van der Waals surface area contributed by atoms with Crippen molar-refractivity contribution in [2.24, 2.45) is 0 Å². The van der Waals surface area contributed by atoms with Gasteiger partial charge >= 0.3 is 5.97 Å². The highest BCUT2D eigenvalue weighted by Gasteiger charge is 2.16. The lowest BCUT2D eigenvalue weighted by Crippen LogP contribution is -2.20. The summed E-state index contributed by atoms with van der Waals surface area (Å²) in [5.74, 6) is -0.990. The fraction of sp³-hybridized carbons (Fsp3) is 0.600. The first-order chi connectivity index (χ1) is 7.47. The van der Waals surface area contributed by atoms with Crippen molar-refractivity contribution in [2.45, 2.75) is 40.0 Å². The molecule has 1 N–H and O–H groups in total. The first-order valence-electron chi connectivity index (χ1n) is 5.03. The summed E-state index contributed by atoms with van der Waals surface area (Å²) in [6.45, 7) is 6.05. The van der Waals surface area contributed by atoms with Crippen LogP contribution in [0.3, 0.4) is 0 Å². The third kappa shape index (κ3) is 2.74. The van der Waals surface area contributed by atoms with Gasteiger partial charge in [0.05, 0.1) is 23.0 Å². The number of ether oxygens (including phenoxy) is 1. The summed E-state index contributed by atoms with van der Waals surface area (Å²) in [5.41, 5.74) is 1.44. The molecule has 0 saturated carbocycles. The molecule has 0 aliphatic heterocycles. The molecule has 0 spiro atoms. The van der Waals surface area contributed by atoms with Crippen molar-refractivity contribution >= 4 is 17.6 Å². The average Bonchev–Trinajstić information content (AvgIpc) is 2.51. The number of carboxylic acid groups (broad SMARTS) is 1. The van der Waals surface area contributed by atoms with Gasteiger partial charge in [0.2, 0.25) is 0 Å². The normalized spacial score (nSPS) is 12.8. The maximum absolute atomic E-state index is 10.6. The van der Waals surface area contributed by atoms with E-state index in [1.54, 1.807) is 11.6 Å². The van der Waals surface area contributed by atoms with Crippen LogP contribution >= 0.6 is 11.6 Å². The molecule has 0 aliphatic rings. The van der Waals surface area contributed by atoms with Crippen LogP contribution in [0.1, 0.15) is 25.2 Å². The van der Waals surface area contributed by atoms with Gasteiger partial charge in [-0.1, -0.05) is 11.6 Å². The van der Waals surface area contributed by atoms with Crippen molar-refractivity contribution in [3.63, 3.8) is 0 Å². The lowest BCUT2D eigenvalue weighted by molar-refractivity contribution is -0.150. The number of hydrogen-bond donors (Lipinski definition) is 1. The zero-order valence-corrected chi connectivity index (χ0v) is 10.3. The highest BCUT2D eigenvalue weighted by Crippen LogP contribution is 2.21. The molecule has 1 aromatic rings. The monoisotopic (exact) mass is 246 g/mol. The number of aromatic nitrogens is 2. The molecule has 6 heteroatoms. The van der Waals surface area contributed by atoms with Gasteiger partial charge in [-0.15, -0.1) is 0 Å². The smallest absolute Gasteiger partial charge is 0.332 e. The Bertz CT molecular complexity index is 390. The Morgan fingerprint density at radius 1 is 1.69 bits per heavy atom. The zero-order chi connectivity index (χ0) is 12.3. The van der Waals surface area contributed by atoms with Crippen LogP contribution in [-0.4, -0.2) is 27.0 Å². The number of nitrogens with zero attached hydrogens (tertiary/aromatic N) is 2. The molecule has 1 heterocycles. The van der Waals surface area contributed by atoms with Gasteiger partial charge in [-0.3, -0.25) is 4.68 Å². The van der Waals surface area contributed by atoms with Crippen molar-refractivity contribution in [2.75, 3.05) is 0 Å². The molecular weight excluding hydrogens is 232 g/mol. The van der Waals surface area contributed by atoms with Crippen molar-refractivity contribution < 1.29 is 14.6 Å². The van der Waals surface area contributed by atoms with Crippen LogP contribution in [-0.2, 0) is 22.7 Å². The van der Waals surface area contributed by atoms with Crippen LogP contribution < -0.4 is 0 Å². The highest BCUT2D eigenvalue weighted by atomic mass is 35.5. The van der Waals surface area contributed by atoms with E-state index in [0.717, 1.165) is 11.4 Å². The number of rotatable bonds is 5. The highest BCUT2D eigenvalue weighted by molar-refractivity contribution is 6.31. The summed E-state index contributed by atoms with van der Waals surface area (Å²) in [4.78, 5) is 10.6. The van der Waals surface area contributed by atoms with Crippen LogP contribution in [0.5, 0.6) is 0 Å². The number of hydrogen-bond acceptors (Lipinski definition) is 3. The van der Waals surface area contributed by atoms with Gasteiger partial charge in [-0.2, -0.15) is 5.10 Å². The maximum atomic E-state index is 10.6. The first-order valence-corrected chi connectivity index (χ1v) is 5.41. The molecule has 1 atom stereocenters. The summed E-state index contributed by atoms with van der Waals surface area (Å²) in [6.07, 6.45) is -0.850. The second kappa shape index (κ2) is 5.32. The molecule has 0 bridgehead atoms. The van der Waals surface area contributed by atoms with Gasteiger partial charge in [0.1, 0.15) is 0 Å². The van der Waals surface area contributed by atoms with Crippen LogP contribution in [0.15, 0.2) is 0 Å². The molecule has 0 radical (unpaired) electrons. The predicted molar refractivity (Wildman–Crippen MR) is 59.5 cm³/mol. The Balaban J connectivity index is 2.76. The lowest BCUT2D eigenvalue weighted by Gasteiger charge is -2.09. The minimum absolute atomic E-state index is 0.154. The molecule has 0 aromatic carbocycles. The van der Waals surface area contributed by atoms with E-state index in [1.165, 1.54) is 6.92 Å². The molecule has 16 heavy (non-hydrogen) atoms. The van der Waals surface area contributed by atoms with Gasteiger partial charge in [-0.05, 0) is 20.8 Å². The van der Waals surface area contributed by atoms with E-state index in [4.69, 9.17) is 21.4 Å². The van der Waals surface area contributed by atoms with Crippen LogP contribution in [0.4, 0.5) is 0 Å². The lowest BCUT2D eigenvalue weighted by atomic mass is 10.3. The third-order valence-electron chi connectivity index (χ3n) is 2.27. The third-order valence-corrected chi connectivity index (χ3v) is 2.76. The summed E-state index contributed by atoms with van der Waals surface area (Å²) in [7, 11) is 0. The topological polar surface area (TPSA) is 64.4 Å². The molecule has 0 unspecified atom stereocenters. The number of halogens is 1. The van der Waals surface area contributed by atoms with E-state index in [0.29, 0.717) is 11.6 Å². The quantitative estimate of drug-likeness (QED) is 0.861. The summed E-state index contributed by atoms with van der Waals surface area (Å²) in [6, 6.07) is 0. The Hall–Kier alpha value is -1.07. The molecule has 0 amide bonds. The van der Waals surface area contributed by atoms with Gasteiger partial charge in [-0.25, -0.2) is 4.79 Å². The predicted octanol–water partition coefficient (Wildman–Crippen LogP) is 1.85. The minimum atomic E-state index is -0.990. The van der Waals surface area contributed by atoms with Crippen molar-refractivity contribution in [3.8, 4) is 0 Å². The Kier molecular flexibility index (Phi) is 4.32. The Morgan fingerprint density at radius 2 is 2.31 bits per heavy atom. The van der Waals surface area contributed by atoms with E-state index in [2.05, 4.69) is 5.10 Å². The second-order valence-corrected chi connectivity index (χ2v) is 3.83. The number of carboxylic acids is 1. The van der Waals surface area contributed by atoms with Crippen LogP contribution in [0.25, 0.3) is 0 Å². The van der Waals surface area contributed by atoms with E-state index >= 15 is 0 Å². The average molecular weight is 247 g/mol. The van der Waals surface area contributed by atoms with E-state index in [-0.39, 0.29) is 6.61 Å². The molecule has 90 valence electrons. The molecule has 0 aliphatic carbocycles. The molecular formula is C10H15ClN2O3. The number of carbonyl (C=O) groups is 1. The standard InChI is InChI=1S/C10H15ClN2O3/c1-4-13-8(9(11)6(2)12-13)5-16-7(3)10(14)15/h7H,4-5H2,1-3H3,(H,14,15)/t7-/m0/s1. The Morgan fingerprint density at radius 3 is 2.81 bits per heavy atom.